The van der Waals surface area contributed by atoms with Gasteiger partial charge in [-0.2, -0.15) is 0 Å². The Morgan fingerprint density at radius 3 is 2.15 bits per heavy atom. The number of nitrogens with two attached hydrogens (primary N) is 1. The van der Waals surface area contributed by atoms with E-state index in [1.807, 2.05) is 0 Å². The number of alkyl carbamates (subject to hydrolysis) is 1. The number of hydrogen-bond acceptors (Lipinski definition) is 5. The molecule has 0 heterocycles. The molecule has 152 valence electrons. The van der Waals surface area contributed by atoms with Crippen molar-refractivity contribution in [3.8, 4) is 5.75 Å². The molecule has 1 atom stereocenters. The van der Waals surface area contributed by atoms with E-state index < -0.39 is 26.1 Å². The summed E-state index contributed by atoms with van der Waals surface area (Å²) in [5, 5.41) is 2.59. The molecule has 0 aliphatic rings. The van der Waals surface area contributed by atoms with Crippen LogP contribution in [0.4, 0.5) is 10.5 Å². The van der Waals surface area contributed by atoms with Gasteiger partial charge in [0.2, 0.25) is 8.32 Å². The third kappa shape index (κ3) is 6.57. The molecule has 0 unspecified atom stereocenters. The lowest BCUT2D eigenvalue weighted by atomic mass is 10.0. The van der Waals surface area contributed by atoms with Crippen molar-refractivity contribution < 1.29 is 18.8 Å². The molecular formula is C20H34N2O4Si. The van der Waals surface area contributed by atoms with Gasteiger partial charge < -0.3 is 20.2 Å². The summed E-state index contributed by atoms with van der Waals surface area (Å²) in [5.41, 5.74) is 6.04. The Morgan fingerprint density at radius 2 is 1.67 bits per heavy atom. The Hall–Kier alpha value is -2.02. The van der Waals surface area contributed by atoms with Crippen molar-refractivity contribution >= 4 is 25.9 Å². The molecule has 0 aromatic heterocycles. The molecule has 0 aliphatic carbocycles. The number of Topliss-reactive ketones (excluding diaryl/α,β-unsaturated/α-hetero) is 1. The molecule has 7 heteroatoms. The van der Waals surface area contributed by atoms with Crippen LogP contribution in [0.1, 0.15) is 58.8 Å². The predicted molar refractivity (Wildman–Crippen MR) is 112 cm³/mol. The average Bonchev–Trinajstić information content (AvgIpc) is 2.44. The number of amides is 1. The molecule has 0 spiro atoms. The van der Waals surface area contributed by atoms with Gasteiger partial charge in [0.05, 0.1) is 6.04 Å². The van der Waals surface area contributed by atoms with Crippen molar-refractivity contribution in [2.24, 2.45) is 0 Å². The highest BCUT2D eigenvalue weighted by Crippen LogP contribution is 2.37. The predicted octanol–water partition coefficient (Wildman–Crippen LogP) is 4.75. The van der Waals surface area contributed by atoms with Crippen molar-refractivity contribution in [1.29, 1.82) is 0 Å². The molecule has 6 nitrogen and oxygen atoms in total. The highest BCUT2D eigenvalue weighted by Gasteiger charge is 2.39. The minimum absolute atomic E-state index is 0.0319. The number of hydrogen-bond donors (Lipinski definition) is 2. The standard InChI is InChI=1S/C20H34N2O4Si/c1-13(22-18(24)25-19(2,3)4)17(23)15-12-14(10-11-16(15)21)26-27(8,9)20(5,6)7/h10-13H,21H2,1-9H3,(H,22,24)/t13-/m0/s1. The van der Waals surface area contributed by atoms with E-state index in [9.17, 15) is 9.59 Å². The molecule has 1 amide bonds. The number of carbonyl (C=O) groups is 2. The van der Waals surface area contributed by atoms with E-state index in [1.54, 1.807) is 45.9 Å². The van der Waals surface area contributed by atoms with Gasteiger partial charge in [0, 0.05) is 11.3 Å². The van der Waals surface area contributed by atoms with Crippen LogP contribution in [0.15, 0.2) is 18.2 Å². The normalized spacial score (nSPS) is 13.7. The topological polar surface area (TPSA) is 90.6 Å². The van der Waals surface area contributed by atoms with Crippen molar-refractivity contribution in [3.05, 3.63) is 23.8 Å². The van der Waals surface area contributed by atoms with Crippen LogP contribution in [0.2, 0.25) is 18.1 Å². The van der Waals surface area contributed by atoms with Crippen LogP contribution in [0.25, 0.3) is 0 Å². The molecule has 1 aromatic carbocycles. The van der Waals surface area contributed by atoms with E-state index >= 15 is 0 Å². The molecule has 1 aromatic rings. The zero-order valence-corrected chi connectivity index (χ0v) is 19.0. The molecule has 0 bridgehead atoms. The van der Waals surface area contributed by atoms with Crippen molar-refractivity contribution in [2.45, 2.75) is 78.2 Å². The highest BCUT2D eigenvalue weighted by atomic mass is 28.4. The van der Waals surface area contributed by atoms with E-state index in [4.69, 9.17) is 14.9 Å². The van der Waals surface area contributed by atoms with E-state index in [1.165, 1.54) is 0 Å². The zero-order valence-electron chi connectivity index (χ0n) is 18.0. The Kier molecular flexibility index (Phi) is 6.75. The summed E-state index contributed by atoms with van der Waals surface area (Å²) >= 11 is 0. The van der Waals surface area contributed by atoms with Crippen LogP contribution in [-0.2, 0) is 4.74 Å². The summed E-state index contributed by atoms with van der Waals surface area (Å²) in [6.45, 7) is 17.6. The Balaban J connectivity index is 2.99. The molecule has 3 N–H and O–H groups in total. The lowest BCUT2D eigenvalue weighted by Gasteiger charge is -2.36. The average molecular weight is 395 g/mol. The number of ether oxygens (including phenoxy) is 1. The molecule has 27 heavy (non-hydrogen) atoms. The first-order chi connectivity index (χ1) is 12.0. The van der Waals surface area contributed by atoms with Crippen LogP contribution in [0.5, 0.6) is 5.75 Å². The van der Waals surface area contributed by atoms with Gasteiger partial charge >= 0.3 is 6.09 Å². The van der Waals surface area contributed by atoms with Gasteiger partial charge in [-0.15, -0.1) is 0 Å². The number of nitrogen functional groups attached to an aromatic ring is 1. The maximum absolute atomic E-state index is 12.8. The molecule has 0 saturated heterocycles. The summed E-state index contributed by atoms with van der Waals surface area (Å²) in [6.07, 6.45) is -0.643. The van der Waals surface area contributed by atoms with Crippen molar-refractivity contribution in [3.63, 3.8) is 0 Å². The first kappa shape index (κ1) is 23.0. The number of anilines is 1. The van der Waals surface area contributed by atoms with E-state index in [0.717, 1.165) is 0 Å². The molecule has 1 rings (SSSR count). The van der Waals surface area contributed by atoms with Crippen LogP contribution >= 0.6 is 0 Å². The molecular weight excluding hydrogens is 360 g/mol. The number of carbonyl (C=O) groups excluding carboxylic acids is 2. The van der Waals surface area contributed by atoms with Gasteiger partial charge in [0.15, 0.2) is 5.78 Å². The fourth-order valence-electron chi connectivity index (χ4n) is 2.04. The molecule has 0 aliphatic heterocycles. The van der Waals surface area contributed by atoms with Gasteiger partial charge in [-0.1, -0.05) is 20.8 Å². The van der Waals surface area contributed by atoms with Crippen LogP contribution in [0, 0.1) is 0 Å². The van der Waals surface area contributed by atoms with Gasteiger partial charge in [-0.3, -0.25) is 4.79 Å². The maximum Gasteiger partial charge on any atom is 0.408 e. The summed E-state index contributed by atoms with van der Waals surface area (Å²) in [7, 11) is -2.04. The van der Waals surface area contributed by atoms with E-state index in [-0.39, 0.29) is 10.8 Å². The van der Waals surface area contributed by atoms with Gasteiger partial charge in [-0.05, 0) is 64.0 Å². The summed E-state index contributed by atoms with van der Waals surface area (Å²) in [6, 6.07) is 4.32. The third-order valence-electron chi connectivity index (χ3n) is 4.60. The number of ketones is 1. The first-order valence-corrected chi connectivity index (χ1v) is 12.1. The Labute approximate surface area is 163 Å². The van der Waals surface area contributed by atoms with Crippen molar-refractivity contribution in [1.82, 2.24) is 5.32 Å². The van der Waals surface area contributed by atoms with Crippen molar-refractivity contribution in [2.75, 3.05) is 5.73 Å². The largest absolute Gasteiger partial charge is 0.543 e. The van der Waals surface area contributed by atoms with Gasteiger partial charge in [-0.25, -0.2) is 4.79 Å². The van der Waals surface area contributed by atoms with E-state index in [0.29, 0.717) is 17.0 Å². The lowest BCUT2D eigenvalue weighted by molar-refractivity contribution is 0.0497. The summed E-state index contributed by atoms with van der Waals surface area (Å²) in [4.78, 5) is 24.7. The molecule has 0 radical (unpaired) electrons. The lowest BCUT2D eigenvalue weighted by Crippen LogP contribution is -2.44. The van der Waals surface area contributed by atoms with E-state index in [2.05, 4.69) is 39.2 Å². The Bertz CT molecular complexity index is 703. The fraction of sp³-hybridized carbons (Fsp3) is 0.600. The number of benzene rings is 1. The fourth-order valence-corrected chi connectivity index (χ4v) is 3.07. The molecule has 0 fully saturated rings. The van der Waals surface area contributed by atoms with Gasteiger partial charge in [0.25, 0.3) is 0 Å². The number of rotatable bonds is 5. The quantitative estimate of drug-likeness (QED) is 0.427. The highest BCUT2D eigenvalue weighted by molar-refractivity contribution is 6.74. The van der Waals surface area contributed by atoms with Crippen LogP contribution in [0.3, 0.4) is 0 Å². The smallest absolute Gasteiger partial charge is 0.408 e. The summed E-state index contributed by atoms with van der Waals surface area (Å²) < 4.78 is 11.5. The van der Waals surface area contributed by atoms with Crippen LogP contribution < -0.4 is 15.5 Å². The first-order valence-electron chi connectivity index (χ1n) is 9.16. The second-order valence-electron chi connectivity index (χ2n) is 9.34. The third-order valence-corrected chi connectivity index (χ3v) is 8.95. The monoisotopic (exact) mass is 394 g/mol. The SMILES string of the molecule is C[C@H](NC(=O)OC(C)(C)C)C(=O)c1cc(O[Si](C)(C)C(C)(C)C)ccc1N. The summed E-state index contributed by atoms with van der Waals surface area (Å²) in [5.74, 6) is 0.322. The second kappa shape index (κ2) is 7.92. The minimum atomic E-state index is -2.04. The Morgan fingerprint density at radius 1 is 1.11 bits per heavy atom. The molecule has 0 saturated carbocycles. The maximum atomic E-state index is 12.8. The minimum Gasteiger partial charge on any atom is -0.543 e. The van der Waals surface area contributed by atoms with Gasteiger partial charge in [0.1, 0.15) is 11.4 Å². The van der Waals surface area contributed by atoms with Crippen LogP contribution in [-0.4, -0.2) is 31.8 Å². The number of nitrogens with one attached hydrogen (secondary N) is 1. The zero-order chi connectivity index (χ0) is 21.2. The second-order valence-corrected chi connectivity index (χ2v) is 14.1.